The zero-order valence-corrected chi connectivity index (χ0v) is 21.8. The van der Waals surface area contributed by atoms with E-state index in [1.165, 1.54) is 44.6 Å². The van der Waals surface area contributed by atoms with E-state index < -0.39 is 34.0 Å². The van der Waals surface area contributed by atoms with E-state index in [-0.39, 0.29) is 22.7 Å². The molecule has 12 heteroatoms. The van der Waals surface area contributed by atoms with Gasteiger partial charge in [-0.3, -0.25) is 14.4 Å². The molecule has 2 rings (SSSR count). The number of ether oxygens (including phenoxy) is 2. The Labute approximate surface area is 215 Å². The summed E-state index contributed by atoms with van der Waals surface area (Å²) in [6.07, 6.45) is 0. The van der Waals surface area contributed by atoms with E-state index in [9.17, 15) is 24.0 Å². The summed E-state index contributed by atoms with van der Waals surface area (Å²) in [7, 11) is 2.36. The number of methoxy groups -OCH3 is 2. The molecule has 36 heavy (non-hydrogen) atoms. The number of ketones is 1. The number of rotatable bonds is 9. The third kappa shape index (κ3) is 7.54. The third-order valence-electron chi connectivity index (χ3n) is 4.69. The second-order valence-electron chi connectivity index (χ2n) is 7.94. The van der Waals surface area contributed by atoms with Crippen molar-refractivity contribution >= 4 is 62.5 Å². The molecule has 0 saturated carbocycles. The first kappa shape index (κ1) is 28.3. The van der Waals surface area contributed by atoms with Gasteiger partial charge in [0.25, 0.3) is 5.91 Å². The molecular formula is C24H25BrN4O7. The van der Waals surface area contributed by atoms with Crippen LogP contribution in [0, 0.1) is 0 Å². The van der Waals surface area contributed by atoms with E-state index in [1.54, 1.807) is 26.0 Å². The van der Waals surface area contributed by atoms with Crippen LogP contribution < -0.4 is 10.6 Å². The Morgan fingerprint density at radius 2 is 1.44 bits per heavy atom. The predicted molar refractivity (Wildman–Crippen MR) is 135 cm³/mol. The van der Waals surface area contributed by atoms with Gasteiger partial charge in [-0.15, -0.1) is 0 Å². The number of Topliss-reactive ketones (excluding diaryl/α,β-unsaturated/α-hetero) is 1. The van der Waals surface area contributed by atoms with E-state index in [1.807, 2.05) is 0 Å². The van der Waals surface area contributed by atoms with Crippen LogP contribution in [-0.2, 0) is 23.9 Å². The maximum Gasteiger partial charge on any atom is 0.340 e. The van der Waals surface area contributed by atoms with Crippen molar-refractivity contribution in [2.45, 2.75) is 31.1 Å². The highest BCUT2D eigenvalue weighted by Gasteiger charge is 2.25. The molecule has 2 N–H and O–H groups in total. The van der Waals surface area contributed by atoms with Gasteiger partial charge in [0.1, 0.15) is 5.69 Å². The van der Waals surface area contributed by atoms with Crippen molar-refractivity contribution in [2.75, 3.05) is 24.9 Å². The smallest absolute Gasteiger partial charge is 0.340 e. The summed E-state index contributed by atoms with van der Waals surface area (Å²) >= 11 is 3.27. The van der Waals surface area contributed by atoms with Gasteiger partial charge in [0.2, 0.25) is 11.9 Å². The first-order valence-corrected chi connectivity index (χ1v) is 11.3. The lowest BCUT2D eigenvalue weighted by Gasteiger charge is -2.16. The lowest BCUT2D eigenvalue weighted by molar-refractivity contribution is -0.126. The third-order valence-corrected chi connectivity index (χ3v) is 5.05. The molecule has 1 unspecified atom stereocenters. The van der Waals surface area contributed by atoms with Crippen LogP contribution in [0.1, 0.15) is 41.5 Å². The number of nitrogens with zero attached hydrogens (tertiary/aromatic N) is 2. The van der Waals surface area contributed by atoms with Gasteiger partial charge in [-0.05, 0) is 63.2 Å². The number of benzene rings is 2. The molecule has 11 nitrogen and oxygen atoms in total. The minimum atomic E-state index is -1.54. The highest BCUT2D eigenvalue weighted by Crippen LogP contribution is 2.24. The Morgan fingerprint density at radius 1 is 0.889 bits per heavy atom. The molecular weight excluding hydrogens is 536 g/mol. The Bertz CT molecular complexity index is 1200. The van der Waals surface area contributed by atoms with Crippen LogP contribution in [-0.4, -0.2) is 54.1 Å². The normalized spacial score (nSPS) is 11.9. The number of halogens is 1. The number of anilines is 2. The molecule has 2 amide bonds. The fourth-order valence-electron chi connectivity index (χ4n) is 2.71. The first-order chi connectivity index (χ1) is 16.9. The molecule has 2 aromatic carbocycles. The van der Waals surface area contributed by atoms with Crippen molar-refractivity contribution in [1.82, 2.24) is 0 Å². The highest BCUT2D eigenvalue weighted by atomic mass is 79.9. The lowest BCUT2D eigenvalue weighted by Crippen LogP contribution is -2.32. The molecule has 0 bridgehead atoms. The van der Waals surface area contributed by atoms with Crippen molar-refractivity contribution in [3.63, 3.8) is 0 Å². The van der Waals surface area contributed by atoms with Crippen LogP contribution in [0.3, 0.4) is 0 Å². The van der Waals surface area contributed by atoms with Crippen molar-refractivity contribution in [2.24, 2.45) is 10.2 Å². The van der Waals surface area contributed by atoms with Crippen LogP contribution >= 0.6 is 15.9 Å². The van der Waals surface area contributed by atoms with Gasteiger partial charge in [-0.1, -0.05) is 15.9 Å². The minimum absolute atomic E-state index is 0.0269. The molecule has 0 aromatic heterocycles. The molecule has 0 fully saturated rings. The summed E-state index contributed by atoms with van der Waals surface area (Å²) in [6, 6.07) is 8.58. The van der Waals surface area contributed by atoms with Gasteiger partial charge in [-0.25, -0.2) is 9.59 Å². The van der Waals surface area contributed by atoms with Gasteiger partial charge < -0.3 is 20.1 Å². The molecule has 0 aliphatic heterocycles. The predicted octanol–water partition coefficient (Wildman–Crippen LogP) is 4.05. The standard InChI is InChI=1S/C24H25BrN4O7/c1-13(30)19(20(31)26-15-7-9-16(10-8-15)27-23(34)24(2,3)25)29-28-18-12-14(21(32)35-4)6-11-17(18)22(33)36-5/h6-12,19H,1-5H3,(H,26,31)(H,27,34). The van der Waals surface area contributed by atoms with Gasteiger partial charge in [0.05, 0.1) is 29.7 Å². The Morgan fingerprint density at radius 3 is 1.94 bits per heavy atom. The van der Waals surface area contributed by atoms with E-state index >= 15 is 0 Å². The van der Waals surface area contributed by atoms with Crippen LogP contribution in [0.25, 0.3) is 0 Å². The minimum Gasteiger partial charge on any atom is -0.465 e. The first-order valence-electron chi connectivity index (χ1n) is 10.5. The highest BCUT2D eigenvalue weighted by molar-refractivity contribution is 9.10. The largest absolute Gasteiger partial charge is 0.465 e. The van der Waals surface area contributed by atoms with E-state index in [2.05, 4.69) is 41.5 Å². The fourth-order valence-corrected chi connectivity index (χ4v) is 2.81. The van der Waals surface area contributed by atoms with Crippen LogP contribution in [0.4, 0.5) is 17.1 Å². The zero-order chi connectivity index (χ0) is 27.0. The van der Waals surface area contributed by atoms with Crippen molar-refractivity contribution < 1.29 is 33.4 Å². The summed E-state index contributed by atoms with van der Waals surface area (Å²) in [4.78, 5) is 60.9. The maximum atomic E-state index is 12.7. The number of carbonyl (C=O) groups is 5. The van der Waals surface area contributed by atoms with Crippen LogP contribution in [0.5, 0.6) is 0 Å². The van der Waals surface area contributed by atoms with E-state index in [0.717, 1.165) is 6.92 Å². The fraction of sp³-hybridized carbons (Fsp3) is 0.292. The molecule has 1 atom stereocenters. The van der Waals surface area contributed by atoms with Crippen molar-refractivity contribution in [1.29, 1.82) is 0 Å². The molecule has 0 aliphatic rings. The topological polar surface area (TPSA) is 153 Å². The molecule has 0 aliphatic carbocycles. The Balaban J connectivity index is 2.25. The molecule has 190 valence electrons. The van der Waals surface area contributed by atoms with Crippen LogP contribution in [0.15, 0.2) is 52.7 Å². The van der Waals surface area contributed by atoms with Crippen molar-refractivity contribution in [3.05, 3.63) is 53.6 Å². The average Bonchev–Trinajstić information content (AvgIpc) is 2.83. The second kappa shape index (κ2) is 12.2. The number of carbonyl (C=O) groups excluding carboxylic acids is 5. The summed E-state index contributed by atoms with van der Waals surface area (Å²) in [5, 5.41) is 13.0. The summed E-state index contributed by atoms with van der Waals surface area (Å²) in [5.41, 5.74) is 0.826. The van der Waals surface area contributed by atoms with Crippen LogP contribution in [0.2, 0.25) is 0 Å². The summed E-state index contributed by atoms with van der Waals surface area (Å²) in [6.45, 7) is 4.57. The average molecular weight is 561 g/mol. The number of azo groups is 1. The van der Waals surface area contributed by atoms with Gasteiger partial charge in [-0.2, -0.15) is 10.2 Å². The van der Waals surface area contributed by atoms with Gasteiger partial charge in [0.15, 0.2) is 5.78 Å². The Kier molecular flexibility index (Phi) is 9.56. The van der Waals surface area contributed by atoms with Gasteiger partial charge in [0, 0.05) is 11.4 Å². The number of amides is 2. The number of nitrogens with one attached hydrogen (secondary N) is 2. The molecule has 0 saturated heterocycles. The molecule has 2 aromatic rings. The SMILES string of the molecule is COC(=O)c1ccc(C(=O)OC)c(N=NC(C(C)=O)C(=O)Nc2ccc(NC(=O)C(C)(C)Br)cc2)c1. The molecule has 0 heterocycles. The quantitative estimate of drug-likeness (QED) is 0.203. The summed E-state index contributed by atoms with van der Waals surface area (Å²) in [5.74, 6) is -3.06. The van der Waals surface area contributed by atoms with E-state index in [4.69, 9.17) is 4.74 Å². The number of esters is 2. The second-order valence-corrected chi connectivity index (χ2v) is 9.92. The lowest BCUT2D eigenvalue weighted by atomic mass is 10.1. The number of hydrogen-bond donors (Lipinski definition) is 2. The maximum absolute atomic E-state index is 12.7. The number of alkyl halides is 1. The summed E-state index contributed by atoms with van der Waals surface area (Å²) < 4.78 is 8.61. The van der Waals surface area contributed by atoms with Gasteiger partial charge >= 0.3 is 11.9 Å². The number of hydrogen-bond acceptors (Lipinski definition) is 9. The zero-order valence-electron chi connectivity index (χ0n) is 20.2. The van der Waals surface area contributed by atoms with E-state index in [0.29, 0.717) is 11.4 Å². The van der Waals surface area contributed by atoms with Crippen molar-refractivity contribution in [3.8, 4) is 0 Å². The molecule has 0 radical (unpaired) electrons. The monoisotopic (exact) mass is 560 g/mol. The molecule has 0 spiro atoms. The Hall–Kier alpha value is -3.93.